The van der Waals surface area contributed by atoms with Crippen LogP contribution >= 0.6 is 0 Å². The van der Waals surface area contributed by atoms with Crippen LogP contribution in [-0.2, 0) is 14.3 Å². The Hall–Kier alpha value is -0.730. The van der Waals surface area contributed by atoms with E-state index in [-0.39, 0.29) is 12.5 Å². The summed E-state index contributed by atoms with van der Waals surface area (Å²) in [6, 6.07) is -1.51. The summed E-state index contributed by atoms with van der Waals surface area (Å²) in [6.45, 7) is 1.01. The highest BCUT2D eigenvalue weighted by Gasteiger charge is 2.43. The van der Waals surface area contributed by atoms with Crippen LogP contribution in [0.4, 0.5) is 0 Å². The Bertz CT molecular complexity index is 248. The van der Waals surface area contributed by atoms with Crippen molar-refractivity contribution in [3.05, 3.63) is 0 Å². The van der Waals surface area contributed by atoms with Gasteiger partial charge in [0.2, 0.25) is 5.91 Å². The van der Waals surface area contributed by atoms with Gasteiger partial charge in [-0.2, -0.15) is 0 Å². The van der Waals surface area contributed by atoms with Gasteiger partial charge in [0.1, 0.15) is 12.1 Å². The first-order chi connectivity index (χ1) is 7.51. The zero-order chi connectivity index (χ0) is 12.3. The van der Waals surface area contributed by atoms with Crippen LogP contribution in [-0.4, -0.2) is 60.4 Å². The molecule has 1 rings (SSSR count). The second-order valence-electron chi connectivity index (χ2n) is 3.76. The highest BCUT2D eigenvalue weighted by atomic mass is 16.7. The number of amides is 1. The Morgan fingerprint density at radius 2 is 2.25 bits per heavy atom. The Morgan fingerprint density at radius 1 is 1.62 bits per heavy atom. The van der Waals surface area contributed by atoms with Crippen molar-refractivity contribution in [2.45, 2.75) is 37.5 Å². The quantitative estimate of drug-likeness (QED) is 0.431. The van der Waals surface area contributed by atoms with Gasteiger partial charge in [0.05, 0.1) is 18.8 Å². The molecule has 0 aromatic heterocycles. The summed E-state index contributed by atoms with van der Waals surface area (Å²) in [5, 5.41) is 21.4. The number of hydrogen-bond donors (Lipinski definition) is 4. The number of nitrogens with one attached hydrogen (secondary N) is 1. The molecule has 0 aromatic rings. The van der Waals surface area contributed by atoms with E-state index in [9.17, 15) is 9.90 Å². The topological polar surface area (TPSA) is 114 Å². The van der Waals surface area contributed by atoms with Crippen LogP contribution in [0.15, 0.2) is 0 Å². The molecule has 0 radical (unpaired) electrons. The molecular formula is C9H18N2O5. The van der Waals surface area contributed by atoms with E-state index in [4.69, 9.17) is 20.3 Å². The van der Waals surface area contributed by atoms with Crippen LogP contribution in [0.25, 0.3) is 0 Å². The summed E-state index contributed by atoms with van der Waals surface area (Å²) < 4.78 is 10.3. The van der Waals surface area contributed by atoms with Crippen LogP contribution < -0.4 is 11.1 Å². The van der Waals surface area contributed by atoms with Gasteiger partial charge in [-0.3, -0.25) is 4.79 Å². The first-order valence-corrected chi connectivity index (χ1v) is 5.01. The summed E-state index contributed by atoms with van der Waals surface area (Å²) >= 11 is 0. The van der Waals surface area contributed by atoms with Gasteiger partial charge in [-0.25, -0.2) is 0 Å². The number of aliphatic hydroxyl groups excluding tert-OH is 2. The number of carbonyl (C=O) groups excluding carboxylic acids is 1. The average molecular weight is 234 g/mol. The Labute approximate surface area is 93.5 Å². The standard InChI is InChI=1S/C9H18N2O5/c1-4(13)11-7-8(14)6(10)5(3-12)16-9(7)15-2/h5-9,12,14H,3,10H2,1-2H3,(H,11,13)/t5-,6-,7-,8+,9-/m1/s1. The van der Waals surface area contributed by atoms with Crippen molar-refractivity contribution in [3.8, 4) is 0 Å². The third kappa shape index (κ3) is 2.69. The maximum atomic E-state index is 11.0. The highest BCUT2D eigenvalue weighted by molar-refractivity contribution is 5.73. The number of rotatable bonds is 3. The van der Waals surface area contributed by atoms with Gasteiger partial charge in [-0.05, 0) is 0 Å². The van der Waals surface area contributed by atoms with Crippen LogP contribution in [0.3, 0.4) is 0 Å². The number of hydrogen-bond acceptors (Lipinski definition) is 6. The van der Waals surface area contributed by atoms with Gasteiger partial charge in [-0.15, -0.1) is 0 Å². The van der Waals surface area contributed by atoms with Crippen molar-refractivity contribution < 1.29 is 24.5 Å². The summed E-state index contributed by atoms with van der Waals surface area (Å²) in [5.74, 6) is -0.315. The molecule has 1 fully saturated rings. The number of methoxy groups -OCH3 is 1. The van der Waals surface area contributed by atoms with Crippen molar-refractivity contribution in [2.75, 3.05) is 13.7 Å². The van der Waals surface area contributed by atoms with E-state index in [1.807, 2.05) is 0 Å². The summed E-state index contributed by atoms with van der Waals surface area (Å²) in [7, 11) is 1.39. The molecule has 5 atom stereocenters. The van der Waals surface area contributed by atoms with Crippen LogP contribution in [0.1, 0.15) is 6.92 Å². The van der Waals surface area contributed by atoms with Gasteiger partial charge in [0.25, 0.3) is 0 Å². The lowest BCUT2D eigenvalue weighted by Gasteiger charge is -2.42. The van der Waals surface area contributed by atoms with Crippen LogP contribution in [0, 0.1) is 0 Å². The number of carbonyl (C=O) groups is 1. The lowest BCUT2D eigenvalue weighted by atomic mass is 9.95. The predicted octanol–water partition coefficient (Wildman–Crippen LogP) is -2.46. The Kier molecular flexibility index (Phi) is 4.63. The van der Waals surface area contributed by atoms with Crippen molar-refractivity contribution in [1.29, 1.82) is 0 Å². The first kappa shape index (κ1) is 13.3. The molecule has 0 unspecified atom stereocenters. The molecule has 0 bridgehead atoms. The minimum absolute atomic E-state index is 0.315. The fourth-order valence-corrected chi connectivity index (χ4v) is 1.72. The van der Waals surface area contributed by atoms with Gasteiger partial charge < -0.3 is 30.7 Å². The van der Waals surface area contributed by atoms with Crippen molar-refractivity contribution in [2.24, 2.45) is 5.73 Å². The minimum Gasteiger partial charge on any atom is -0.394 e. The number of ether oxygens (including phenoxy) is 2. The molecule has 0 spiro atoms. The smallest absolute Gasteiger partial charge is 0.217 e. The Morgan fingerprint density at radius 3 is 2.69 bits per heavy atom. The third-order valence-corrected chi connectivity index (χ3v) is 2.58. The summed E-state index contributed by atoms with van der Waals surface area (Å²) in [6.07, 6.45) is -2.56. The zero-order valence-electron chi connectivity index (χ0n) is 9.29. The molecule has 1 aliphatic heterocycles. The molecular weight excluding hydrogens is 216 g/mol. The van der Waals surface area contributed by atoms with E-state index < -0.39 is 30.6 Å². The van der Waals surface area contributed by atoms with Crippen LogP contribution in [0.5, 0.6) is 0 Å². The molecule has 0 saturated carbocycles. The zero-order valence-corrected chi connectivity index (χ0v) is 9.29. The third-order valence-electron chi connectivity index (χ3n) is 2.58. The molecule has 1 heterocycles. The van der Waals surface area contributed by atoms with Crippen molar-refractivity contribution in [3.63, 3.8) is 0 Å². The van der Waals surface area contributed by atoms with Gasteiger partial charge in [0.15, 0.2) is 6.29 Å². The molecule has 16 heavy (non-hydrogen) atoms. The SMILES string of the molecule is CO[C@@H]1O[C@H](CO)[C@@H](N)[C@H](O)[C@H]1NC(C)=O. The van der Waals surface area contributed by atoms with E-state index >= 15 is 0 Å². The molecule has 5 N–H and O–H groups in total. The molecule has 94 valence electrons. The monoisotopic (exact) mass is 234 g/mol. The maximum absolute atomic E-state index is 11.0. The van der Waals surface area contributed by atoms with E-state index in [0.29, 0.717) is 0 Å². The first-order valence-electron chi connectivity index (χ1n) is 5.01. The highest BCUT2D eigenvalue weighted by Crippen LogP contribution is 2.20. The minimum atomic E-state index is -1.03. The lowest BCUT2D eigenvalue weighted by molar-refractivity contribution is -0.233. The fourth-order valence-electron chi connectivity index (χ4n) is 1.72. The van der Waals surface area contributed by atoms with Gasteiger partial charge in [0, 0.05) is 14.0 Å². The van der Waals surface area contributed by atoms with Crippen LogP contribution in [0.2, 0.25) is 0 Å². The average Bonchev–Trinajstić information content (AvgIpc) is 2.25. The summed E-state index contributed by atoms with van der Waals surface area (Å²) in [4.78, 5) is 11.0. The van der Waals surface area contributed by atoms with E-state index in [0.717, 1.165) is 0 Å². The maximum Gasteiger partial charge on any atom is 0.217 e. The van der Waals surface area contributed by atoms with Crippen molar-refractivity contribution in [1.82, 2.24) is 5.32 Å². The molecule has 0 aromatic carbocycles. The van der Waals surface area contributed by atoms with E-state index in [1.165, 1.54) is 14.0 Å². The molecule has 1 amide bonds. The molecule has 1 saturated heterocycles. The fraction of sp³-hybridized carbons (Fsp3) is 0.889. The molecule has 7 nitrogen and oxygen atoms in total. The van der Waals surface area contributed by atoms with Gasteiger partial charge in [-0.1, -0.05) is 0 Å². The second kappa shape index (κ2) is 5.55. The normalized spacial score (nSPS) is 39.4. The number of aliphatic hydroxyl groups is 2. The molecule has 7 heteroatoms. The number of nitrogens with two attached hydrogens (primary N) is 1. The lowest BCUT2D eigenvalue weighted by Crippen LogP contribution is -2.66. The largest absolute Gasteiger partial charge is 0.394 e. The van der Waals surface area contributed by atoms with E-state index in [2.05, 4.69) is 5.32 Å². The second-order valence-corrected chi connectivity index (χ2v) is 3.76. The van der Waals surface area contributed by atoms with Gasteiger partial charge >= 0.3 is 0 Å². The molecule has 1 aliphatic rings. The summed E-state index contributed by atoms with van der Waals surface area (Å²) in [5.41, 5.74) is 5.67. The van der Waals surface area contributed by atoms with E-state index in [1.54, 1.807) is 0 Å². The Balaban J connectivity index is 2.77. The van der Waals surface area contributed by atoms with Crippen molar-refractivity contribution >= 4 is 5.91 Å². The predicted molar refractivity (Wildman–Crippen MR) is 54.3 cm³/mol. The molecule has 0 aliphatic carbocycles.